The summed E-state index contributed by atoms with van der Waals surface area (Å²) in [5, 5.41) is 0.721. The third-order valence-corrected chi connectivity index (χ3v) is 3.24. The SMILES string of the molecule is NCc1ccc2oc(/C=C/c3ccc(Cl)cc3)nc2c1. The molecule has 0 saturated carbocycles. The number of nitrogens with two attached hydrogens (primary N) is 1. The van der Waals surface area contributed by atoms with Crippen LogP contribution in [-0.2, 0) is 6.54 Å². The Morgan fingerprint density at radius 1 is 1.10 bits per heavy atom. The van der Waals surface area contributed by atoms with E-state index in [9.17, 15) is 0 Å². The van der Waals surface area contributed by atoms with E-state index in [2.05, 4.69) is 4.98 Å². The molecular weight excluding hydrogens is 272 g/mol. The minimum absolute atomic E-state index is 0.499. The number of rotatable bonds is 3. The molecule has 0 fully saturated rings. The van der Waals surface area contributed by atoms with Gasteiger partial charge in [0.05, 0.1) is 0 Å². The third-order valence-electron chi connectivity index (χ3n) is 2.99. The fourth-order valence-electron chi connectivity index (χ4n) is 1.93. The second kappa shape index (κ2) is 5.49. The van der Waals surface area contributed by atoms with E-state index < -0.39 is 0 Å². The number of nitrogens with zero attached hydrogens (tertiary/aromatic N) is 1. The van der Waals surface area contributed by atoms with Crippen molar-refractivity contribution in [3.63, 3.8) is 0 Å². The van der Waals surface area contributed by atoms with Crippen molar-refractivity contribution >= 4 is 34.9 Å². The van der Waals surface area contributed by atoms with E-state index in [-0.39, 0.29) is 0 Å². The van der Waals surface area contributed by atoms with Crippen molar-refractivity contribution in [2.24, 2.45) is 5.73 Å². The average Bonchev–Trinajstić information content (AvgIpc) is 2.88. The molecular formula is C16H13ClN2O. The lowest BCUT2D eigenvalue weighted by atomic mass is 10.2. The summed E-state index contributed by atoms with van der Waals surface area (Å²) >= 11 is 5.85. The summed E-state index contributed by atoms with van der Waals surface area (Å²) in [5.74, 6) is 0.573. The molecule has 3 aromatic rings. The van der Waals surface area contributed by atoms with Crippen molar-refractivity contribution in [3.05, 3.63) is 64.5 Å². The van der Waals surface area contributed by atoms with Gasteiger partial charge in [0.15, 0.2) is 5.58 Å². The van der Waals surface area contributed by atoms with Gasteiger partial charge in [-0.25, -0.2) is 4.98 Å². The molecule has 20 heavy (non-hydrogen) atoms. The molecule has 0 radical (unpaired) electrons. The van der Waals surface area contributed by atoms with Crippen LogP contribution in [0.2, 0.25) is 5.02 Å². The van der Waals surface area contributed by atoms with Crippen molar-refractivity contribution in [1.82, 2.24) is 4.98 Å². The quantitative estimate of drug-likeness (QED) is 0.787. The van der Waals surface area contributed by atoms with Gasteiger partial charge in [0.2, 0.25) is 5.89 Å². The number of aromatic nitrogens is 1. The Morgan fingerprint density at radius 2 is 1.90 bits per heavy atom. The fourth-order valence-corrected chi connectivity index (χ4v) is 2.06. The fraction of sp³-hybridized carbons (Fsp3) is 0.0625. The van der Waals surface area contributed by atoms with E-state index >= 15 is 0 Å². The van der Waals surface area contributed by atoms with Crippen molar-refractivity contribution in [2.45, 2.75) is 6.54 Å². The monoisotopic (exact) mass is 284 g/mol. The molecule has 100 valence electrons. The Hall–Kier alpha value is -2.10. The number of fused-ring (bicyclic) bond motifs is 1. The smallest absolute Gasteiger partial charge is 0.220 e. The van der Waals surface area contributed by atoms with Crippen LogP contribution < -0.4 is 5.73 Å². The standard InChI is InChI=1S/C16H13ClN2O/c17-13-5-1-11(2-6-13)4-8-16-19-14-9-12(10-18)3-7-15(14)20-16/h1-9H,10,18H2/b8-4+. The first-order chi connectivity index (χ1) is 9.74. The maximum Gasteiger partial charge on any atom is 0.220 e. The van der Waals surface area contributed by atoms with E-state index in [0.717, 1.165) is 27.2 Å². The normalized spacial score (nSPS) is 11.5. The van der Waals surface area contributed by atoms with Gasteiger partial charge in [0.1, 0.15) is 5.52 Å². The minimum atomic E-state index is 0.499. The second-order valence-corrected chi connectivity index (χ2v) is 4.88. The molecule has 2 N–H and O–H groups in total. The van der Waals surface area contributed by atoms with Crippen LogP contribution in [0.25, 0.3) is 23.3 Å². The molecule has 0 aliphatic heterocycles. The zero-order valence-electron chi connectivity index (χ0n) is 10.7. The first kappa shape index (κ1) is 12.9. The van der Waals surface area contributed by atoms with Crippen LogP contribution in [-0.4, -0.2) is 4.98 Å². The topological polar surface area (TPSA) is 52.0 Å². The number of hydrogen-bond donors (Lipinski definition) is 1. The zero-order valence-corrected chi connectivity index (χ0v) is 11.5. The van der Waals surface area contributed by atoms with E-state index in [1.165, 1.54) is 0 Å². The Kier molecular flexibility index (Phi) is 3.54. The first-order valence-electron chi connectivity index (χ1n) is 6.28. The summed E-state index contributed by atoms with van der Waals surface area (Å²) < 4.78 is 5.65. The number of benzene rings is 2. The molecule has 0 bridgehead atoms. The molecule has 0 unspecified atom stereocenters. The van der Waals surface area contributed by atoms with E-state index in [4.69, 9.17) is 21.8 Å². The molecule has 0 amide bonds. The molecule has 2 aromatic carbocycles. The van der Waals surface area contributed by atoms with Gasteiger partial charge < -0.3 is 10.2 Å². The highest BCUT2D eigenvalue weighted by Gasteiger charge is 2.03. The lowest BCUT2D eigenvalue weighted by Gasteiger charge is -1.92. The molecule has 0 aliphatic carbocycles. The van der Waals surface area contributed by atoms with Gasteiger partial charge in [0.25, 0.3) is 0 Å². The Bertz CT molecular complexity index is 760. The maximum atomic E-state index is 5.85. The maximum absolute atomic E-state index is 5.85. The highest BCUT2D eigenvalue weighted by molar-refractivity contribution is 6.30. The summed E-state index contributed by atoms with van der Waals surface area (Å²) in [7, 11) is 0. The molecule has 1 aromatic heterocycles. The first-order valence-corrected chi connectivity index (χ1v) is 6.65. The predicted molar refractivity (Wildman–Crippen MR) is 82.3 cm³/mol. The Balaban J connectivity index is 1.88. The molecule has 0 aliphatic rings. The van der Waals surface area contributed by atoms with Gasteiger partial charge in [-0.05, 0) is 41.5 Å². The van der Waals surface area contributed by atoms with Crippen LogP contribution >= 0.6 is 11.6 Å². The van der Waals surface area contributed by atoms with Crippen molar-refractivity contribution in [3.8, 4) is 0 Å². The van der Waals surface area contributed by atoms with Crippen LogP contribution in [0.4, 0.5) is 0 Å². The number of halogens is 1. The molecule has 1 heterocycles. The zero-order chi connectivity index (χ0) is 13.9. The molecule has 3 nitrogen and oxygen atoms in total. The lowest BCUT2D eigenvalue weighted by molar-refractivity contribution is 0.589. The Morgan fingerprint density at radius 3 is 2.65 bits per heavy atom. The van der Waals surface area contributed by atoms with Crippen molar-refractivity contribution in [2.75, 3.05) is 0 Å². The van der Waals surface area contributed by atoms with E-state index in [1.54, 1.807) is 0 Å². The highest BCUT2D eigenvalue weighted by Crippen LogP contribution is 2.19. The van der Waals surface area contributed by atoms with Gasteiger partial charge in [-0.2, -0.15) is 0 Å². The Labute approximate surface area is 121 Å². The van der Waals surface area contributed by atoms with Crippen molar-refractivity contribution < 1.29 is 4.42 Å². The van der Waals surface area contributed by atoms with Gasteiger partial charge in [0, 0.05) is 17.6 Å². The summed E-state index contributed by atoms with van der Waals surface area (Å²) in [6.07, 6.45) is 3.77. The predicted octanol–water partition coefficient (Wildman–Crippen LogP) is 4.11. The van der Waals surface area contributed by atoms with Crippen LogP contribution in [0, 0.1) is 0 Å². The van der Waals surface area contributed by atoms with Crippen LogP contribution in [0.15, 0.2) is 46.9 Å². The highest BCUT2D eigenvalue weighted by atomic mass is 35.5. The van der Waals surface area contributed by atoms with Crippen molar-refractivity contribution in [1.29, 1.82) is 0 Å². The second-order valence-electron chi connectivity index (χ2n) is 4.44. The van der Waals surface area contributed by atoms with E-state index in [1.807, 2.05) is 54.6 Å². The average molecular weight is 285 g/mol. The van der Waals surface area contributed by atoms with Gasteiger partial charge in [-0.1, -0.05) is 29.8 Å². The van der Waals surface area contributed by atoms with Crippen LogP contribution in [0.3, 0.4) is 0 Å². The minimum Gasteiger partial charge on any atom is -0.437 e. The number of oxazole rings is 1. The molecule has 4 heteroatoms. The van der Waals surface area contributed by atoms with E-state index in [0.29, 0.717) is 12.4 Å². The largest absolute Gasteiger partial charge is 0.437 e. The number of hydrogen-bond acceptors (Lipinski definition) is 3. The van der Waals surface area contributed by atoms with Gasteiger partial charge in [-0.15, -0.1) is 0 Å². The molecule has 0 spiro atoms. The summed E-state index contributed by atoms with van der Waals surface area (Å²) in [4.78, 5) is 4.42. The molecule has 0 saturated heterocycles. The molecule has 3 rings (SSSR count). The lowest BCUT2D eigenvalue weighted by Crippen LogP contribution is -1.94. The third kappa shape index (κ3) is 2.74. The van der Waals surface area contributed by atoms with Gasteiger partial charge >= 0.3 is 0 Å². The molecule has 0 atom stereocenters. The van der Waals surface area contributed by atoms with Crippen LogP contribution in [0.5, 0.6) is 0 Å². The summed E-state index contributed by atoms with van der Waals surface area (Å²) in [5.41, 5.74) is 9.28. The summed E-state index contributed by atoms with van der Waals surface area (Å²) in [6, 6.07) is 13.4. The summed E-state index contributed by atoms with van der Waals surface area (Å²) in [6.45, 7) is 0.499. The van der Waals surface area contributed by atoms with Gasteiger partial charge in [-0.3, -0.25) is 0 Å². The van der Waals surface area contributed by atoms with Crippen LogP contribution in [0.1, 0.15) is 17.0 Å².